The molecule has 2 saturated carbocycles. The van der Waals surface area contributed by atoms with E-state index in [1.165, 1.54) is 6.42 Å². The molecule has 0 bridgehead atoms. The van der Waals surface area contributed by atoms with Crippen LogP contribution < -0.4 is 0 Å². The van der Waals surface area contributed by atoms with Crippen LogP contribution in [0.5, 0.6) is 0 Å². The first-order valence-electron chi connectivity index (χ1n) is 13.7. The molecule has 0 radical (unpaired) electrons. The Labute approximate surface area is 202 Å². The average Bonchev–Trinajstić information content (AvgIpc) is 3.19. The van der Waals surface area contributed by atoms with Gasteiger partial charge in [-0.2, -0.15) is 0 Å². The highest BCUT2D eigenvalue weighted by Gasteiger charge is 2.59. The molecule has 1 spiro atoms. The van der Waals surface area contributed by atoms with Gasteiger partial charge in [0, 0.05) is 25.7 Å². The number of hydrogen-bond donors (Lipinski definition) is 1. The minimum absolute atomic E-state index is 0.0928. The highest BCUT2D eigenvalue weighted by Crippen LogP contribution is 2.48. The summed E-state index contributed by atoms with van der Waals surface area (Å²) < 4.78 is 37.4. The number of fused-ring (bicyclic) bond motifs is 3. The minimum atomic E-state index is -0.999. The number of hydrogen-bond acceptors (Lipinski definition) is 8. The molecule has 8 nitrogen and oxygen atoms in total. The Kier molecular flexibility index (Phi) is 7.83. The van der Waals surface area contributed by atoms with E-state index in [1.54, 1.807) is 0 Å². The van der Waals surface area contributed by atoms with Crippen LogP contribution in [-0.4, -0.2) is 72.5 Å². The van der Waals surface area contributed by atoms with E-state index in [2.05, 4.69) is 0 Å². The topological polar surface area (TPSA) is 92.7 Å². The van der Waals surface area contributed by atoms with Gasteiger partial charge < -0.3 is 33.5 Å². The Morgan fingerprint density at radius 1 is 0.912 bits per heavy atom. The van der Waals surface area contributed by atoms with Crippen LogP contribution in [0.4, 0.5) is 0 Å². The Morgan fingerprint density at radius 2 is 1.62 bits per heavy atom. The van der Waals surface area contributed by atoms with Crippen LogP contribution in [0.3, 0.4) is 0 Å². The minimum Gasteiger partial charge on any atom is -0.466 e. The predicted molar refractivity (Wildman–Crippen MR) is 122 cm³/mol. The van der Waals surface area contributed by atoms with Crippen molar-refractivity contribution in [2.45, 2.75) is 145 Å². The van der Waals surface area contributed by atoms with Gasteiger partial charge in [0.05, 0.1) is 37.9 Å². The van der Waals surface area contributed by atoms with E-state index in [1.807, 2.05) is 6.92 Å². The molecule has 3 saturated heterocycles. The summed E-state index contributed by atoms with van der Waals surface area (Å²) >= 11 is 0. The molecule has 2 aliphatic carbocycles. The largest absolute Gasteiger partial charge is 0.466 e. The molecule has 0 aromatic carbocycles. The van der Waals surface area contributed by atoms with Gasteiger partial charge in [-0.15, -0.1) is 0 Å². The van der Waals surface area contributed by atoms with E-state index in [4.69, 9.17) is 28.4 Å². The fraction of sp³-hybridized carbons (Fsp3) is 0.962. The summed E-state index contributed by atoms with van der Waals surface area (Å²) in [6.45, 7) is 2.63. The monoisotopic (exact) mass is 482 g/mol. The molecule has 0 aromatic rings. The first kappa shape index (κ1) is 24.9. The second kappa shape index (κ2) is 10.7. The fourth-order valence-corrected chi connectivity index (χ4v) is 6.56. The standard InChI is InChI=1S/C26H42O8/c1-2-29-21(27)17-18-9-10-19-22(31-18)24-23(33-26(34-24)14-7-4-8-15-26)20(32-19)11-16-30-25(28)12-5-3-6-13-25/h18-20,22-24,28H,2-17H2,1H3/t18-,19+,20?,22?,23-,24+/m1/s1. The molecule has 6 atom stereocenters. The quantitative estimate of drug-likeness (QED) is 0.433. The molecule has 2 unspecified atom stereocenters. The van der Waals surface area contributed by atoms with Crippen molar-refractivity contribution in [3.05, 3.63) is 0 Å². The summed E-state index contributed by atoms with van der Waals surface area (Å²) in [5.41, 5.74) is 0. The molecule has 3 aliphatic heterocycles. The highest BCUT2D eigenvalue weighted by molar-refractivity contribution is 5.69. The van der Waals surface area contributed by atoms with Gasteiger partial charge >= 0.3 is 5.97 Å². The third-order valence-electron chi connectivity index (χ3n) is 8.28. The fourth-order valence-electron chi connectivity index (χ4n) is 6.56. The van der Waals surface area contributed by atoms with Crippen molar-refractivity contribution < 1.29 is 38.3 Å². The van der Waals surface area contributed by atoms with Gasteiger partial charge in [-0.25, -0.2) is 0 Å². The Balaban J connectivity index is 1.25. The number of carbonyl (C=O) groups excluding carboxylic acids is 1. The van der Waals surface area contributed by atoms with Crippen LogP contribution in [-0.2, 0) is 33.2 Å². The van der Waals surface area contributed by atoms with Crippen molar-refractivity contribution in [3.8, 4) is 0 Å². The third-order valence-corrected chi connectivity index (χ3v) is 8.28. The molecule has 5 aliphatic rings. The van der Waals surface area contributed by atoms with E-state index in [0.717, 1.165) is 57.8 Å². The maximum atomic E-state index is 12.0. The summed E-state index contributed by atoms with van der Waals surface area (Å²) in [6.07, 6.45) is 11.1. The lowest BCUT2D eigenvalue weighted by Gasteiger charge is -2.46. The highest BCUT2D eigenvalue weighted by atomic mass is 16.8. The van der Waals surface area contributed by atoms with Gasteiger partial charge in [-0.05, 0) is 51.9 Å². The second-order valence-electron chi connectivity index (χ2n) is 10.8. The smallest absolute Gasteiger partial charge is 0.308 e. The maximum Gasteiger partial charge on any atom is 0.308 e. The number of esters is 1. The molecule has 1 N–H and O–H groups in total. The lowest BCUT2D eigenvalue weighted by atomic mass is 9.88. The summed E-state index contributed by atoms with van der Waals surface area (Å²) in [5.74, 6) is -1.77. The number of aliphatic hydroxyl groups is 1. The van der Waals surface area contributed by atoms with Crippen molar-refractivity contribution in [3.63, 3.8) is 0 Å². The molecule has 3 heterocycles. The molecular weight excluding hydrogens is 440 g/mol. The van der Waals surface area contributed by atoms with Crippen molar-refractivity contribution >= 4 is 5.97 Å². The van der Waals surface area contributed by atoms with Gasteiger partial charge in [0.2, 0.25) is 0 Å². The average molecular weight is 483 g/mol. The Bertz CT molecular complexity index is 686. The van der Waals surface area contributed by atoms with E-state index < -0.39 is 11.6 Å². The second-order valence-corrected chi connectivity index (χ2v) is 10.8. The normalized spacial score (nSPS) is 38.8. The van der Waals surface area contributed by atoms with Gasteiger partial charge in [-0.3, -0.25) is 4.79 Å². The lowest BCUT2D eigenvalue weighted by Crippen LogP contribution is -2.60. The molecule has 34 heavy (non-hydrogen) atoms. The maximum absolute atomic E-state index is 12.0. The van der Waals surface area contributed by atoms with E-state index in [-0.39, 0.29) is 49.0 Å². The van der Waals surface area contributed by atoms with E-state index in [9.17, 15) is 9.90 Å². The van der Waals surface area contributed by atoms with Crippen LogP contribution in [0.15, 0.2) is 0 Å². The van der Waals surface area contributed by atoms with Crippen molar-refractivity contribution in [1.82, 2.24) is 0 Å². The van der Waals surface area contributed by atoms with Gasteiger partial charge in [0.15, 0.2) is 11.6 Å². The predicted octanol–water partition coefficient (Wildman–Crippen LogP) is 3.76. The van der Waals surface area contributed by atoms with Crippen molar-refractivity contribution in [2.75, 3.05) is 13.2 Å². The summed E-state index contributed by atoms with van der Waals surface area (Å²) in [7, 11) is 0. The molecule has 0 amide bonds. The van der Waals surface area contributed by atoms with Crippen LogP contribution >= 0.6 is 0 Å². The van der Waals surface area contributed by atoms with E-state index in [0.29, 0.717) is 32.5 Å². The van der Waals surface area contributed by atoms with E-state index >= 15 is 0 Å². The van der Waals surface area contributed by atoms with Crippen LogP contribution in [0, 0.1) is 0 Å². The first-order chi connectivity index (χ1) is 16.5. The third kappa shape index (κ3) is 5.47. The van der Waals surface area contributed by atoms with Crippen LogP contribution in [0.2, 0.25) is 0 Å². The van der Waals surface area contributed by atoms with Gasteiger partial charge in [0.25, 0.3) is 0 Å². The zero-order valence-corrected chi connectivity index (χ0v) is 20.6. The Hall–Kier alpha value is -0.770. The van der Waals surface area contributed by atoms with Gasteiger partial charge in [0.1, 0.15) is 18.3 Å². The van der Waals surface area contributed by atoms with Crippen molar-refractivity contribution in [1.29, 1.82) is 0 Å². The molecule has 5 fully saturated rings. The van der Waals surface area contributed by atoms with Crippen LogP contribution in [0.1, 0.15) is 96.8 Å². The van der Waals surface area contributed by atoms with Gasteiger partial charge in [-0.1, -0.05) is 12.8 Å². The van der Waals surface area contributed by atoms with Crippen LogP contribution in [0.25, 0.3) is 0 Å². The summed E-state index contributed by atoms with van der Waals surface area (Å²) in [4.78, 5) is 12.0. The summed E-state index contributed by atoms with van der Waals surface area (Å²) in [5, 5.41) is 10.7. The van der Waals surface area contributed by atoms with Crippen molar-refractivity contribution in [2.24, 2.45) is 0 Å². The SMILES string of the molecule is CCOC(=O)C[C@H]1CC[C@@H]2OC(CCOC3(O)CCCCC3)[C@H]3OC4(CCCCC4)O[C@H]3C2O1. The molecule has 0 aromatic heterocycles. The lowest BCUT2D eigenvalue weighted by molar-refractivity contribution is -0.252. The number of ether oxygens (including phenoxy) is 6. The molecule has 5 rings (SSSR count). The molecular formula is C26H42O8. The zero-order valence-electron chi connectivity index (χ0n) is 20.6. The molecule has 194 valence electrons. The summed E-state index contributed by atoms with van der Waals surface area (Å²) in [6, 6.07) is 0. The first-order valence-corrected chi connectivity index (χ1v) is 13.7. The molecule has 8 heteroatoms. The number of carbonyl (C=O) groups is 1. The Morgan fingerprint density at radius 3 is 2.35 bits per heavy atom. The number of rotatable bonds is 7. The zero-order chi connectivity index (χ0) is 23.6.